The molecule has 0 aliphatic heterocycles. The largest absolute Gasteiger partial charge is 0.489 e. The van der Waals surface area contributed by atoms with Crippen molar-refractivity contribution in [3.05, 3.63) is 137 Å². The molecule has 1 atom stereocenters. The Morgan fingerprint density at radius 2 is 1.24 bits per heavy atom. The molecule has 4 aromatic rings. The van der Waals surface area contributed by atoms with E-state index in [4.69, 9.17) is 4.74 Å². The molecule has 0 aromatic heterocycles. The summed E-state index contributed by atoms with van der Waals surface area (Å²) in [7, 11) is 0. The molecule has 0 bridgehead atoms. The van der Waals surface area contributed by atoms with Crippen LogP contribution in [0.2, 0.25) is 0 Å². The first kappa shape index (κ1) is 29.3. The normalized spacial score (nSPS) is 12.1. The maximum Gasteiger partial charge on any atom is 0.416 e. The molecule has 200 valence electrons. The molecule has 38 heavy (non-hydrogen) atoms. The van der Waals surface area contributed by atoms with E-state index in [1.54, 1.807) is 0 Å². The first-order valence-corrected chi connectivity index (χ1v) is 12.6. The first-order valence-electron chi connectivity index (χ1n) is 12.6. The minimum Gasteiger partial charge on any atom is -0.489 e. The molecule has 4 aromatic carbocycles. The van der Waals surface area contributed by atoms with Gasteiger partial charge in [0.2, 0.25) is 0 Å². The molecule has 1 unspecified atom stereocenters. The SMILES string of the molecule is CC(Cc1ccc(OCc2ccc(C(F)(F)F)cc2)cc1)NCCC(c1ccccc1)c1ccccc1.Cl. The average Bonchev–Trinajstić information content (AvgIpc) is 2.91. The molecular formula is C32H33ClF3NO. The number of ether oxygens (including phenoxy) is 1. The number of alkyl halides is 3. The van der Waals surface area contributed by atoms with Crippen LogP contribution in [-0.2, 0) is 19.2 Å². The third-order valence-corrected chi connectivity index (χ3v) is 6.48. The van der Waals surface area contributed by atoms with Gasteiger partial charge in [-0.05, 0) is 72.8 Å². The van der Waals surface area contributed by atoms with E-state index >= 15 is 0 Å². The minimum atomic E-state index is -4.33. The quantitative estimate of drug-likeness (QED) is 0.206. The molecule has 0 aliphatic rings. The summed E-state index contributed by atoms with van der Waals surface area (Å²) in [6.45, 7) is 3.32. The molecule has 0 aliphatic carbocycles. The van der Waals surface area contributed by atoms with Crippen LogP contribution in [0.4, 0.5) is 13.2 Å². The van der Waals surface area contributed by atoms with E-state index in [9.17, 15) is 13.2 Å². The van der Waals surface area contributed by atoms with Crippen molar-refractivity contribution in [2.24, 2.45) is 0 Å². The molecule has 1 N–H and O–H groups in total. The van der Waals surface area contributed by atoms with E-state index < -0.39 is 11.7 Å². The average molecular weight is 540 g/mol. The molecular weight excluding hydrogens is 507 g/mol. The fourth-order valence-electron chi connectivity index (χ4n) is 4.47. The van der Waals surface area contributed by atoms with Gasteiger partial charge in [-0.1, -0.05) is 84.9 Å². The number of halogens is 4. The van der Waals surface area contributed by atoms with Crippen molar-refractivity contribution in [2.75, 3.05) is 6.54 Å². The smallest absolute Gasteiger partial charge is 0.416 e. The fourth-order valence-corrected chi connectivity index (χ4v) is 4.47. The van der Waals surface area contributed by atoms with Crippen molar-refractivity contribution in [1.82, 2.24) is 5.32 Å². The van der Waals surface area contributed by atoms with Crippen molar-refractivity contribution < 1.29 is 17.9 Å². The Hall–Kier alpha value is -3.28. The summed E-state index contributed by atoms with van der Waals surface area (Å²) in [4.78, 5) is 0. The maximum atomic E-state index is 12.7. The monoisotopic (exact) mass is 539 g/mol. The molecule has 0 radical (unpaired) electrons. The third kappa shape index (κ3) is 8.64. The highest BCUT2D eigenvalue weighted by Crippen LogP contribution is 2.29. The number of hydrogen-bond acceptors (Lipinski definition) is 2. The van der Waals surface area contributed by atoms with Crippen molar-refractivity contribution in [2.45, 2.75) is 44.5 Å². The van der Waals surface area contributed by atoms with Crippen molar-refractivity contribution in [3.8, 4) is 5.75 Å². The number of hydrogen-bond donors (Lipinski definition) is 1. The minimum absolute atomic E-state index is 0. The van der Waals surface area contributed by atoms with Gasteiger partial charge in [0.15, 0.2) is 0 Å². The van der Waals surface area contributed by atoms with E-state index in [2.05, 4.69) is 72.9 Å². The van der Waals surface area contributed by atoms with Crippen LogP contribution in [0.15, 0.2) is 109 Å². The predicted octanol–water partition coefficient (Wildman–Crippen LogP) is 8.45. The highest BCUT2D eigenvalue weighted by Gasteiger charge is 2.29. The second-order valence-electron chi connectivity index (χ2n) is 9.35. The van der Waals surface area contributed by atoms with E-state index in [1.807, 2.05) is 24.3 Å². The molecule has 0 spiro atoms. The van der Waals surface area contributed by atoms with E-state index in [1.165, 1.54) is 28.8 Å². The lowest BCUT2D eigenvalue weighted by Crippen LogP contribution is -2.30. The van der Waals surface area contributed by atoms with Crippen LogP contribution < -0.4 is 10.1 Å². The lowest BCUT2D eigenvalue weighted by Gasteiger charge is -2.20. The lowest BCUT2D eigenvalue weighted by molar-refractivity contribution is -0.137. The second-order valence-corrected chi connectivity index (χ2v) is 9.35. The van der Waals surface area contributed by atoms with Gasteiger partial charge in [0.1, 0.15) is 12.4 Å². The third-order valence-electron chi connectivity index (χ3n) is 6.48. The van der Waals surface area contributed by atoms with E-state index in [0.29, 0.717) is 23.3 Å². The Kier molecular flexibility index (Phi) is 10.8. The summed E-state index contributed by atoms with van der Waals surface area (Å²) in [5.74, 6) is 1.04. The van der Waals surface area contributed by atoms with Gasteiger partial charge in [-0.25, -0.2) is 0 Å². The van der Waals surface area contributed by atoms with Gasteiger partial charge in [-0.2, -0.15) is 13.2 Å². The van der Waals surface area contributed by atoms with Gasteiger partial charge in [0.25, 0.3) is 0 Å². The zero-order chi connectivity index (χ0) is 26.1. The zero-order valence-electron chi connectivity index (χ0n) is 21.3. The Morgan fingerprint density at radius 1 is 0.711 bits per heavy atom. The van der Waals surface area contributed by atoms with Gasteiger partial charge >= 0.3 is 6.18 Å². The van der Waals surface area contributed by atoms with Crippen LogP contribution in [0.25, 0.3) is 0 Å². The molecule has 0 saturated carbocycles. The summed E-state index contributed by atoms with van der Waals surface area (Å²) >= 11 is 0. The second kappa shape index (κ2) is 14.0. The zero-order valence-corrected chi connectivity index (χ0v) is 22.1. The summed E-state index contributed by atoms with van der Waals surface area (Å²) in [6.07, 6.45) is -2.43. The van der Waals surface area contributed by atoms with E-state index in [-0.39, 0.29) is 19.0 Å². The summed E-state index contributed by atoms with van der Waals surface area (Å²) < 4.78 is 43.9. The Labute approximate surface area is 229 Å². The molecule has 4 rings (SSSR count). The van der Waals surface area contributed by atoms with Crippen molar-refractivity contribution >= 4 is 12.4 Å². The number of benzene rings is 4. The van der Waals surface area contributed by atoms with Crippen LogP contribution in [0.5, 0.6) is 5.75 Å². The highest BCUT2D eigenvalue weighted by molar-refractivity contribution is 5.85. The Balaban J connectivity index is 0.00000400. The van der Waals surface area contributed by atoms with Gasteiger partial charge < -0.3 is 10.1 Å². The standard InChI is InChI=1S/C32H32F3NO.ClH/c1-24(36-21-20-31(27-8-4-2-5-9-27)28-10-6-3-7-11-28)22-25-14-18-30(19-15-25)37-23-26-12-16-29(17-13-26)32(33,34)35;/h2-19,24,31,36H,20-23H2,1H3;1H. The van der Waals surface area contributed by atoms with Crippen LogP contribution in [0.1, 0.15) is 47.1 Å². The van der Waals surface area contributed by atoms with Gasteiger partial charge in [-0.15, -0.1) is 12.4 Å². The number of rotatable bonds is 11. The topological polar surface area (TPSA) is 21.3 Å². The predicted molar refractivity (Wildman–Crippen MR) is 150 cm³/mol. The highest BCUT2D eigenvalue weighted by atomic mass is 35.5. The number of nitrogens with one attached hydrogen (secondary N) is 1. The molecule has 2 nitrogen and oxygen atoms in total. The van der Waals surface area contributed by atoms with Crippen LogP contribution in [0, 0.1) is 0 Å². The van der Waals surface area contributed by atoms with Crippen LogP contribution in [0.3, 0.4) is 0 Å². The van der Waals surface area contributed by atoms with E-state index in [0.717, 1.165) is 31.5 Å². The van der Waals surface area contributed by atoms with Crippen molar-refractivity contribution in [1.29, 1.82) is 0 Å². The first-order chi connectivity index (χ1) is 17.9. The molecule has 0 amide bonds. The molecule has 0 heterocycles. The fraction of sp³-hybridized carbons (Fsp3) is 0.250. The summed E-state index contributed by atoms with van der Waals surface area (Å²) in [5, 5.41) is 3.67. The summed E-state index contributed by atoms with van der Waals surface area (Å²) in [6, 6.07) is 34.5. The van der Waals surface area contributed by atoms with Gasteiger partial charge in [-0.3, -0.25) is 0 Å². The molecule has 6 heteroatoms. The van der Waals surface area contributed by atoms with Crippen molar-refractivity contribution in [3.63, 3.8) is 0 Å². The Bertz CT molecular complexity index is 1170. The van der Waals surface area contributed by atoms with Gasteiger partial charge in [0.05, 0.1) is 5.56 Å². The maximum absolute atomic E-state index is 12.7. The molecule has 0 fully saturated rings. The van der Waals surface area contributed by atoms with Gasteiger partial charge in [0, 0.05) is 12.0 Å². The summed E-state index contributed by atoms with van der Waals surface area (Å²) in [5.41, 5.74) is 3.90. The van der Waals surface area contributed by atoms with Crippen LogP contribution in [-0.4, -0.2) is 12.6 Å². The van der Waals surface area contributed by atoms with Crippen LogP contribution >= 0.6 is 12.4 Å². The Morgan fingerprint density at radius 3 is 1.76 bits per heavy atom. The molecule has 0 saturated heterocycles. The lowest BCUT2D eigenvalue weighted by atomic mass is 9.88.